The van der Waals surface area contributed by atoms with Crippen LogP contribution in [0.1, 0.15) is 24.6 Å². The van der Waals surface area contributed by atoms with Crippen LogP contribution in [0, 0.1) is 5.92 Å². The number of carbonyl (C=O) groups excluding carboxylic acids is 1. The van der Waals surface area contributed by atoms with E-state index in [4.69, 9.17) is 4.42 Å². The lowest BCUT2D eigenvalue weighted by atomic mass is 9.97. The van der Waals surface area contributed by atoms with Crippen LogP contribution in [0.3, 0.4) is 0 Å². The van der Waals surface area contributed by atoms with E-state index in [1.165, 1.54) is 15.6 Å². The molecule has 0 bridgehead atoms. The molecule has 0 saturated carbocycles. The highest BCUT2D eigenvalue weighted by atomic mass is 32.2. The summed E-state index contributed by atoms with van der Waals surface area (Å²) in [6, 6.07) is 7.04. The first kappa shape index (κ1) is 20.1. The number of amides is 1. The van der Waals surface area contributed by atoms with Crippen molar-refractivity contribution in [3.8, 4) is 0 Å². The topological polar surface area (TPSA) is 82.9 Å². The highest BCUT2D eigenvalue weighted by Gasteiger charge is 2.32. The normalized spacial score (nSPS) is 17.9. The summed E-state index contributed by atoms with van der Waals surface area (Å²) in [6.07, 6.45) is 2.69. The standard InChI is InChI=1S/C18H25N3O4S2/c1-20(2)15(16-5-3-11-25-16)13-19-18(22)14-7-9-21(10-8-14)27(23,24)17-6-4-12-26-17/h3-6,11-12,14-15H,7-10,13H2,1-2H3,(H,19,22). The van der Waals surface area contributed by atoms with Gasteiger partial charge in [0.1, 0.15) is 9.97 Å². The lowest BCUT2D eigenvalue weighted by Crippen LogP contribution is -2.44. The molecule has 1 unspecified atom stereocenters. The van der Waals surface area contributed by atoms with Gasteiger partial charge in [0.25, 0.3) is 10.0 Å². The molecule has 1 N–H and O–H groups in total. The van der Waals surface area contributed by atoms with Gasteiger partial charge in [-0.3, -0.25) is 9.69 Å². The minimum absolute atomic E-state index is 0.0263. The summed E-state index contributed by atoms with van der Waals surface area (Å²) in [7, 11) is 0.442. The molecule has 1 aliphatic heterocycles. The van der Waals surface area contributed by atoms with Crippen LogP contribution < -0.4 is 5.32 Å². The number of hydrogen-bond acceptors (Lipinski definition) is 6. The van der Waals surface area contributed by atoms with Gasteiger partial charge in [0.2, 0.25) is 5.91 Å². The van der Waals surface area contributed by atoms with Crippen LogP contribution in [0.25, 0.3) is 0 Å². The van der Waals surface area contributed by atoms with Crippen molar-refractivity contribution in [1.82, 2.24) is 14.5 Å². The maximum atomic E-state index is 12.6. The molecule has 3 rings (SSSR count). The average Bonchev–Trinajstić information content (AvgIpc) is 3.36. The Balaban J connectivity index is 1.53. The zero-order valence-corrected chi connectivity index (χ0v) is 17.1. The molecule has 1 aliphatic rings. The third kappa shape index (κ3) is 4.60. The highest BCUT2D eigenvalue weighted by Crippen LogP contribution is 2.26. The second kappa shape index (κ2) is 8.55. The molecule has 3 heterocycles. The first-order chi connectivity index (χ1) is 12.9. The maximum Gasteiger partial charge on any atom is 0.252 e. The molecular formula is C18H25N3O4S2. The molecule has 0 aromatic carbocycles. The predicted molar refractivity (Wildman–Crippen MR) is 104 cm³/mol. The number of hydrogen-bond donors (Lipinski definition) is 1. The van der Waals surface area contributed by atoms with Crippen LogP contribution in [0.5, 0.6) is 0 Å². The molecule has 27 heavy (non-hydrogen) atoms. The second-order valence-electron chi connectivity index (χ2n) is 6.85. The molecule has 0 radical (unpaired) electrons. The van der Waals surface area contributed by atoms with E-state index < -0.39 is 10.0 Å². The van der Waals surface area contributed by atoms with Crippen LogP contribution in [0.4, 0.5) is 0 Å². The highest BCUT2D eigenvalue weighted by molar-refractivity contribution is 7.91. The summed E-state index contributed by atoms with van der Waals surface area (Å²) in [6.45, 7) is 1.19. The monoisotopic (exact) mass is 411 g/mol. The summed E-state index contributed by atoms with van der Waals surface area (Å²) in [5, 5.41) is 4.75. The largest absolute Gasteiger partial charge is 0.468 e. The van der Waals surface area contributed by atoms with E-state index in [0.29, 0.717) is 36.7 Å². The molecule has 1 saturated heterocycles. The van der Waals surface area contributed by atoms with Gasteiger partial charge in [-0.15, -0.1) is 11.3 Å². The smallest absolute Gasteiger partial charge is 0.252 e. The Kier molecular flexibility index (Phi) is 6.36. The lowest BCUT2D eigenvalue weighted by Gasteiger charge is -2.30. The van der Waals surface area contributed by atoms with Gasteiger partial charge in [0.15, 0.2) is 0 Å². The van der Waals surface area contributed by atoms with Gasteiger partial charge in [-0.05, 0) is 50.5 Å². The summed E-state index contributed by atoms with van der Waals surface area (Å²) in [4.78, 5) is 14.5. The van der Waals surface area contributed by atoms with E-state index in [9.17, 15) is 13.2 Å². The van der Waals surface area contributed by atoms with Gasteiger partial charge < -0.3 is 9.73 Å². The van der Waals surface area contributed by atoms with Crippen LogP contribution in [0.15, 0.2) is 44.5 Å². The number of sulfonamides is 1. The lowest BCUT2D eigenvalue weighted by molar-refractivity contribution is -0.126. The van der Waals surface area contributed by atoms with Gasteiger partial charge in [-0.2, -0.15) is 4.31 Å². The predicted octanol–water partition coefficient (Wildman–Crippen LogP) is 2.16. The fourth-order valence-corrected chi connectivity index (χ4v) is 5.87. The molecule has 1 fully saturated rings. The van der Waals surface area contributed by atoms with Crippen molar-refractivity contribution < 1.29 is 17.6 Å². The molecule has 2 aromatic heterocycles. The van der Waals surface area contributed by atoms with Crippen molar-refractivity contribution in [2.75, 3.05) is 33.7 Å². The van der Waals surface area contributed by atoms with E-state index in [1.54, 1.807) is 23.8 Å². The van der Waals surface area contributed by atoms with E-state index >= 15 is 0 Å². The van der Waals surface area contributed by atoms with E-state index in [2.05, 4.69) is 5.32 Å². The number of nitrogens with zero attached hydrogens (tertiary/aromatic N) is 2. The number of nitrogens with one attached hydrogen (secondary N) is 1. The minimum Gasteiger partial charge on any atom is -0.468 e. The minimum atomic E-state index is -3.43. The van der Waals surface area contributed by atoms with Crippen molar-refractivity contribution in [3.05, 3.63) is 41.7 Å². The number of piperidine rings is 1. The molecule has 0 aliphatic carbocycles. The van der Waals surface area contributed by atoms with E-state index in [-0.39, 0.29) is 17.9 Å². The van der Waals surface area contributed by atoms with Gasteiger partial charge in [0.05, 0.1) is 12.3 Å². The quantitative estimate of drug-likeness (QED) is 0.755. The summed E-state index contributed by atoms with van der Waals surface area (Å²) in [5.41, 5.74) is 0. The molecular weight excluding hydrogens is 386 g/mol. The van der Waals surface area contributed by atoms with Crippen molar-refractivity contribution in [2.24, 2.45) is 5.92 Å². The Hall–Kier alpha value is -1.68. The average molecular weight is 412 g/mol. The fourth-order valence-electron chi connectivity index (χ4n) is 3.26. The van der Waals surface area contributed by atoms with Crippen LogP contribution in [-0.4, -0.2) is 57.3 Å². The van der Waals surface area contributed by atoms with E-state index in [1.807, 2.05) is 31.1 Å². The van der Waals surface area contributed by atoms with Gasteiger partial charge >= 0.3 is 0 Å². The fraction of sp³-hybridized carbons (Fsp3) is 0.500. The summed E-state index contributed by atoms with van der Waals surface area (Å²) in [5.74, 6) is 0.609. The van der Waals surface area contributed by atoms with Gasteiger partial charge in [-0.25, -0.2) is 8.42 Å². The van der Waals surface area contributed by atoms with Crippen LogP contribution in [0.2, 0.25) is 0 Å². The molecule has 7 nitrogen and oxygen atoms in total. The molecule has 0 spiro atoms. The Morgan fingerprint density at radius 1 is 1.33 bits per heavy atom. The molecule has 9 heteroatoms. The Bertz CT molecular complexity index is 824. The van der Waals surface area contributed by atoms with Gasteiger partial charge in [0, 0.05) is 25.6 Å². The second-order valence-corrected chi connectivity index (χ2v) is 9.96. The number of thiophene rings is 1. The summed E-state index contributed by atoms with van der Waals surface area (Å²) >= 11 is 1.22. The van der Waals surface area contributed by atoms with Crippen LogP contribution >= 0.6 is 11.3 Å². The molecule has 2 aromatic rings. The van der Waals surface area contributed by atoms with E-state index in [0.717, 1.165) is 5.76 Å². The summed E-state index contributed by atoms with van der Waals surface area (Å²) < 4.78 is 32.4. The Labute approximate surface area is 164 Å². The SMILES string of the molecule is CN(C)C(CNC(=O)C1CCN(S(=O)(=O)c2cccs2)CC1)c1ccco1. The number of likely N-dealkylation sites (N-methyl/N-ethyl adjacent to an activating group) is 1. The van der Waals surface area contributed by atoms with Crippen LogP contribution in [-0.2, 0) is 14.8 Å². The first-order valence-corrected chi connectivity index (χ1v) is 11.2. The van der Waals surface area contributed by atoms with Crippen molar-refractivity contribution >= 4 is 27.3 Å². The zero-order valence-electron chi connectivity index (χ0n) is 15.5. The van der Waals surface area contributed by atoms with Gasteiger partial charge in [-0.1, -0.05) is 6.07 Å². The van der Waals surface area contributed by atoms with Crippen molar-refractivity contribution in [3.63, 3.8) is 0 Å². The number of rotatable bonds is 7. The Morgan fingerprint density at radius 3 is 2.63 bits per heavy atom. The van der Waals surface area contributed by atoms with Crippen molar-refractivity contribution in [2.45, 2.75) is 23.1 Å². The van der Waals surface area contributed by atoms with Crippen molar-refractivity contribution in [1.29, 1.82) is 0 Å². The number of furan rings is 1. The molecule has 1 amide bonds. The molecule has 148 valence electrons. The zero-order chi connectivity index (χ0) is 19.4. The first-order valence-electron chi connectivity index (χ1n) is 8.91. The Morgan fingerprint density at radius 2 is 2.07 bits per heavy atom. The third-order valence-corrected chi connectivity index (χ3v) is 8.15. The molecule has 1 atom stereocenters. The third-order valence-electron chi connectivity index (χ3n) is 4.88. The maximum absolute atomic E-state index is 12.6. The number of carbonyl (C=O) groups is 1.